The van der Waals surface area contributed by atoms with E-state index in [9.17, 15) is 0 Å². The molecule has 1 aliphatic heterocycles. The smallest absolute Gasteiger partial charge is 0.0673 e. The predicted octanol–water partition coefficient (Wildman–Crippen LogP) is 2.47. The van der Waals surface area contributed by atoms with Crippen LogP contribution < -0.4 is 0 Å². The standard InChI is InChI=1S/C15H32N2O/c1-5-12-18-15(4)13-17-10-8-16(9-11-17)7-6-14(2)3/h14-15H,5-13H2,1-4H3. The Morgan fingerprint density at radius 3 is 2.17 bits per heavy atom. The molecule has 1 heterocycles. The summed E-state index contributed by atoms with van der Waals surface area (Å²) in [5.41, 5.74) is 0. The van der Waals surface area contributed by atoms with Crippen LogP contribution in [0, 0.1) is 5.92 Å². The Morgan fingerprint density at radius 2 is 1.61 bits per heavy atom. The molecule has 3 heteroatoms. The summed E-state index contributed by atoms with van der Waals surface area (Å²) < 4.78 is 5.74. The maximum absolute atomic E-state index is 5.74. The predicted molar refractivity (Wildman–Crippen MR) is 78.0 cm³/mol. The molecule has 1 saturated heterocycles. The fraction of sp³-hybridized carbons (Fsp3) is 1.00. The lowest BCUT2D eigenvalue weighted by molar-refractivity contribution is 0.0235. The van der Waals surface area contributed by atoms with E-state index < -0.39 is 0 Å². The van der Waals surface area contributed by atoms with E-state index in [1.165, 1.54) is 39.1 Å². The molecule has 1 fully saturated rings. The summed E-state index contributed by atoms with van der Waals surface area (Å²) >= 11 is 0. The lowest BCUT2D eigenvalue weighted by atomic mass is 10.1. The van der Waals surface area contributed by atoms with Crippen LogP contribution >= 0.6 is 0 Å². The number of hydrogen-bond donors (Lipinski definition) is 0. The van der Waals surface area contributed by atoms with Gasteiger partial charge in [0, 0.05) is 39.3 Å². The van der Waals surface area contributed by atoms with Crippen molar-refractivity contribution >= 4 is 0 Å². The monoisotopic (exact) mass is 256 g/mol. The molecule has 1 aliphatic rings. The van der Waals surface area contributed by atoms with Crippen LogP contribution in [-0.2, 0) is 4.74 Å². The third-order valence-electron chi connectivity index (χ3n) is 3.61. The van der Waals surface area contributed by atoms with E-state index in [1.807, 2.05) is 0 Å². The van der Waals surface area contributed by atoms with E-state index in [0.29, 0.717) is 6.10 Å². The van der Waals surface area contributed by atoms with E-state index in [-0.39, 0.29) is 0 Å². The van der Waals surface area contributed by atoms with Crippen LogP contribution in [0.1, 0.15) is 40.5 Å². The molecule has 1 unspecified atom stereocenters. The SMILES string of the molecule is CCCOC(C)CN1CCN(CCC(C)C)CC1. The zero-order valence-corrected chi connectivity index (χ0v) is 12.8. The van der Waals surface area contributed by atoms with Gasteiger partial charge in [-0.05, 0) is 32.2 Å². The number of piperazine rings is 1. The summed E-state index contributed by atoms with van der Waals surface area (Å²) in [6.45, 7) is 17.1. The Morgan fingerprint density at radius 1 is 1.00 bits per heavy atom. The summed E-state index contributed by atoms with van der Waals surface area (Å²) in [6.07, 6.45) is 2.83. The Labute approximate surface area is 113 Å². The number of nitrogens with zero attached hydrogens (tertiary/aromatic N) is 2. The maximum atomic E-state index is 5.74. The minimum absolute atomic E-state index is 0.382. The zero-order valence-electron chi connectivity index (χ0n) is 12.8. The highest BCUT2D eigenvalue weighted by Gasteiger charge is 2.18. The van der Waals surface area contributed by atoms with Crippen LogP contribution in [-0.4, -0.2) is 61.8 Å². The van der Waals surface area contributed by atoms with Crippen molar-refractivity contribution in [3.63, 3.8) is 0 Å². The highest BCUT2D eigenvalue weighted by molar-refractivity contribution is 4.73. The Bertz CT molecular complexity index is 201. The molecule has 1 atom stereocenters. The number of rotatable bonds is 8. The van der Waals surface area contributed by atoms with Crippen molar-refractivity contribution < 1.29 is 4.74 Å². The maximum Gasteiger partial charge on any atom is 0.0673 e. The molecular formula is C15H32N2O. The molecule has 0 radical (unpaired) electrons. The second kappa shape index (κ2) is 8.89. The van der Waals surface area contributed by atoms with E-state index >= 15 is 0 Å². The number of ether oxygens (including phenoxy) is 1. The Hall–Kier alpha value is -0.120. The van der Waals surface area contributed by atoms with Crippen molar-refractivity contribution in [3.8, 4) is 0 Å². The van der Waals surface area contributed by atoms with E-state index in [1.54, 1.807) is 0 Å². The van der Waals surface area contributed by atoms with Crippen LogP contribution in [0.3, 0.4) is 0 Å². The summed E-state index contributed by atoms with van der Waals surface area (Å²) in [7, 11) is 0. The van der Waals surface area contributed by atoms with Gasteiger partial charge in [0.2, 0.25) is 0 Å². The van der Waals surface area contributed by atoms with Crippen molar-refractivity contribution in [2.24, 2.45) is 5.92 Å². The molecule has 0 aromatic carbocycles. The highest BCUT2D eigenvalue weighted by Crippen LogP contribution is 2.07. The van der Waals surface area contributed by atoms with Gasteiger partial charge in [-0.3, -0.25) is 4.90 Å². The van der Waals surface area contributed by atoms with Gasteiger partial charge in [-0.2, -0.15) is 0 Å². The topological polar surface area (TPSA) is 15.7 Å². The van der Waals surface area contributed by atoms with Crippen LogP contribution in [0.4, 0.5) is 0 Å². The molecule has 18 heavy (non-hydrogen) atoms. The third kappa shape index (κ3) is 6.72. The second-order valence-corrected chi connectivity index (χ2v) is 6.01. The van der Waals surface area contributed by atoms with Gasteiger partial charge in [0.05, 0.1) is 6.10 Å². The quantitative estimate of drug-likeness (QED) is 0.663. The zero-order chi connectivity index (χ0) is 13.4. The van der Waals surface area contributed by atoms with Gasteiger partial charge in [0.15, 0.2) is 0 Å². The van der Waals surface area contributed by atoms with Crippen molar-refractivity contribution in [2.45, 2.75) is 46.6 Å². The summed E-state index contributed by atoms with van der Waals surface area (Å²) in [5, 5.41) is 0. The first-order valence-electron chi connectivity index (χ1n) is 7.68. The minimum Gasteiger partial charge on any atom is -0.377 e. The molecule has 0 N–H and O–H groups in total. The first kappa shape index (κ1) is 15.9. The highest BCUT2D eigenvalue weighted by atomic mass is 16.5. The molecule has 0 spiro atoms. The molecular weight excluding hydrogens is 224 g/mol. The molecule has 0 aromatic rings. The average molecular weight is 256 g/mol. The molecule has 0 aliphatic carbocycles. The molecule has 3 nitrogen and oxygen atoms in total. The largest absolute Gasteiger partial charge is 0.377 e. The van der Waals surface area contributed by atoms with Crippen molar-refractivity contribution in [3.05, 3.63) is 0 Å². The molecule has 0 bridgehead atoms. The normalized spacial score (nSPS) is 20.5. The Kier molecular flexibility index (Phi) is 7.87. The third-order valence-corrected chi connectivity index (χ3v) is 3.61. The van der Waals surface area contributed by atoms with E-state index in [0.717, 1.165) is 25.5 Å². The van der Waals surface area contributed by atoms with Gasteiger partial charge < -0.3 is 9.64 Å². The van der Waals surface area contributed by atoms with Crippen LogP contribution in [0.2, 0.25) is 0 Å². The van der Waals surface area contributed by atoms with Gasteiger partial charge >= 0.3 is 0 Å². The fourth-order valence-electron chi connectivity index (χ4n) is 2.37. The lowest BCUT2D eigenvalue weighted by Crippen LogP contribution is -2.48. The van der Waals surface area contributed by atoms with Gasteiger partial charge in [0.25, 0.3) is 0 Å². The molecule has 1 rings (SSSR count). The Balaban J connectivity index is 2.11. The average Bonchev–Trinajstić information content (AvgIpc) is 2.35. The van der Waals surface area contributed by atoms with Crippen molar-refractivity contribution in [1.82, 2.24) is 9.80 Å². The first-order chi connectivity index (χ1) is 8.61. The summed E-state index contributed by atoms with van der Waals surface area (Å²) in [5.74, 6) is 0.825. The van der Waals surface area contributed by atoms with Gasteiger partial charge in [0.1, 0.15) is 0 Å². The number of hydrogen-bond acceptors (Lipinski definition) is 3. The van der Waals surface area contributed by atoms with Gasteiger partial charge in [-0.1, -0.05) is 20.8 Å². The van der Waals surface area contributed by atoms with Crippen LogP contribution in [0.5, 0.6) is 0 Å². The molecule has 0 amide bonds. The van der Waals surface area contributed by atoms with Crippen LogP contribution in [0.25, 0.3) is 0 Å². The first-order valence-corrected chi connectivity index (χ1v) is 7.68. The van der Waals surface area contributed by atoms with Crippen LogP contribution in [0.15, 0.2) is 0 Å². The summed E-state index contributed by atoms with van der Waals surface area (Å²) in [6, 6.07) is 0. The van der Waals surface area contributed by atoms with Crippen molar-refractivity contribution in [2.75, 3.05) is 45.9 Å². The van der Waals surface area contributed by atoms with Gasteiger partial charge in [-0.25, -0.2) is 0 Å². The van der Waals surface area contributed by atoms with Crippen molar-refractivity contribution in [1.29, 1.82) is 0 Å². The van der Waals surface area contributed by atoms with E-state index in [2.05, 4.69) is 37.5 Å². The lowest BCUT2D eigenvalue weighted by Gasteiger charge is -2.36. The fourth-order valence-corrected chi connectivity index (χ4v) is 2.37. The van der Waals surface area contributed by atoms with E-state index in [4.69, 9.17) is 4.74 Å². The molecule has 0 aromatic heterocycles. The summed E-state index contributed by atoms with van der Waals surface area (Å²) in [4.78, 5) is 5.15. The second-order valence-electron chi connectivity index (χ2n) is 6.01. The molecule has 0 saturated carbocycles. The minimum atomic E-state index is 0.382. The molecule has 108 valence electrons. The van der Waals surface area contributed by atoms with Gasteiger partial charge in [-0.15, -0.1) is 0 Å².